The van der Waals surface area contributed by atoms with Gasteiger partial charge in [-0.15, -0.1) is 0 Å². The van der Waals surface area contributed by atoms with Gasteiger partial charge in [0.2, 0.25) is 0 Å². The first-order valence-corrected chi connectivity index (χ1v) is 18.3. The van der Waals surface area contributed by atoms with Crippen LogP contribution in [-0.4, -0.2) is 13.7 Å². The Morgan fingerprint density at radius 3 is 1.38 bits per heavy atom. The number of fused-ring (bicyclic) bond motifs is 9. The fourth-order valence-corrected chi connectivity index (χ4v) is 8.74. The van der Waals surface area contributed by atoms with Crippen molar-refractivity contribution in [3.8, 4) is 28.2 Å². The Balaban J connectivity index is 1.17. The van der Waals surface area contributed by atoms with E-state index in [1.54, 1.807) is 0 Å². The molecule has 0 saturated carbocycles. The van der Waals surface area contributed by atoms with Crippen molar-refractivity contribution in [2.45, 2.75) is 0 Å². The van der Waals surface area contributed by atoms with Gasteiger partial charge in [0.15, 0.2) is 11.4 Å². The van der Waals surface area contributed by atoms with Crippen LogP contribution in [0.4, 0.5) is 11.4 Å². The van der Waals surface area contributed by atoms with E-state index in [-0.39, 0.29) is 0 Å². The zero-order valence-electron chi connectivity index (χ0n) is 29.5. The number of rotatable bonds is 4. The van der Waals surface area contributed by atoms with E-state index in [4.69, 9.17) is 13.1 Å². The maximum Gasteiger partial charge on any atom is 0.195 e. The summed E-state index contributed by atoms with van der Waals surface area (Å²) < 4.78 is 6.94. The molecule has 0 saturated heterocycles. The molecule has 5 heteroatoms. The topological polar surface area (TPSA) is 23.5 Å². The Labute approximate surface area is 316 Å². The van der Waals surface area contributed by atoms with E-state index in [2.05, 4.69) is 163 Å². The van der Waals surface area contributed by atoms with Gasteiger partial charge in [-0.25, -0.2) is 9.69 Å². The molecule has 11 rings (SSSR count). The van der Waals surface area contributed by atoms with Gasteiger partial charge in [0.25, 0.3) is 0 Å². The molecule has 0 bridgehead atoms. The number of nitrogens with zero attached hydrogens (tertiary/aromatic N) is 5. The van der Waals surface area contributed by atoms with Crippen molar-refractivity contribution in [2.24, 2.45) is 0 Å². The molecule has 0 aliphatic carbocycles. The van der Waals surface area contributed by atoms with Crippen molar-refractivity contribution >= 4 is 76.8 Å². The monoisotopic (exact) mass is 699 g/mol. The van der Waals surface area contributed by atoms with Crippen LogP contribution in [0.2, 0.25) is 0 Å². The highest BCUT2D eigenvalue weighted by atomic mass is 15.0. The van der Waals surface area contributed by atoms with Gasteiger partial charge in [0, 0.05) is 49.2 Å². The normalized spacial score (nSPS) is 11.6. The molecule has 254 valence electrons. The Kier molecular flexibility index (Phi) is 6.61. The number of para-hydroxylation sites is 5. The molecule has 0 aliphatic heterocycles. The molecule has 0 fully saturated rings. The first kappa shape index (κ1) is 30.7. The Hall–Kier alpha value is -7.86. The van der Waals surface area contributed by atoms with Gasteiger partial charge in [0.1, 0.15) is 0 Å². The van der Waals surface area contributed by atoms with E-state index in [1.165, 1.54) is 27.2 Å². The van der Waals surface area contributed by atoms with Crippen LogP contribution in [0.15, 0.2) is 176 Å². The molecule has 8 aromatic carbocycles. The summed E-state index contributed by atoms with van der Waals surface area (Å²) in [5.74, 6) is 0. The number of hydrogen-bond acceptors (Lipinski definition) is 0. The molecule has 0 N–H and O–H groups in total. The summed E-state index contributed by atoms with van der Waals surface area (Å²) in [5, 5.41) is 6.99. The molecule has 3 aromatic heterocycles. The average Bonchev–Trinajstić information content (AvgIpc) is 3.88. The van der Waals surface area contributed by atoms with Gasteiger partial charge in [-0.3, -0.25) is 0 Å². The highest BCUT2D eigenvalue weighted by Crippen LogP contribution is 2.43. The quantitative estimate of drug-likeness (QED) is 0.163. The van der Waals surface area contributed by atoms with E-state index in [9.17, 15) is 0 Å². The zero-order valence-corrected chi connectivity index (χ0v) is 29.5. The highest BCUT2D eigenvalue weighted by Gasteiger charge is 2.20. The second-order valence-corrected chi connectivity index (χ2v) is 13.9. The molecule has 55 heavy (non-hydrogen) atoms. The van der Waals surface area contributed by atoms with E-state index in [0.29, 0.717) is 11.4 Å². The minimum absolute atomic E-state index is 0.575. The molecule has 0 amide bonds. The van der Waals surface area contributed by atoms with Crippen molar-refractivity contribution in [2.75, 3.05) is 0 Å². The summed E-state index contributed by atoms with van der Waals surface area (Å²) in [5.41, 5.74) is 12.5. The lowest BCUT2D eigenvalue weighted by molar-refractivity contribution is 1.15. The molecule has 0 aliphatic rings. The van der Waals surface area contributed by atoms with Crippen molar-refractivity contribution in [3.63, 3.8) is 0 Å². The smallest absolute Gasteiger partial charge is 0.195 e. The van der Waals surface area contributed by atoms with Gasteiger partial charge in [0.05, 0.1) is 46.4 Å². The minimum atomic E-state index is 0.575. The summed E-state index contributed by atoms with van der Waals surface area (Å²) >= 11 is 0. The van der Waals surface area contributed by atoms with Crippen LogP contribution >= 0.6 is 0 Å². The standard InChI is InChI=1S/C50H29N5/c1-51-32-23-26-40-38-16-6-11-21-47(38)55(49(40)29-32)48-22-12-7-17-39(48)42-30-33(25-28-43(42)52-2)54-46-20-10-5-15-37(46)41-27-24-34(31-50(41)54)53-44-18-8-3-13-35(44)36-14-4-9-19-45(36)53/h3-31H. The maximum atomic E-state index is 8.32. The SMILES string of the molecule is [C-]#[N+]c1ccc2c3ccccc3n(-c3ccccc3-c3cc(-n4c5ccccc5c5ccc(-n6c7ccccc7c7ccccc76)cc54)ccc3[N+]#[C-])c2c1. The Morgan fingerprint density at radius 2 is 0.782 bits per heavy atom. The van der Waals surface area contributed by atoms with E-state index >= 15 is 0 Å². The van der Waals surface area contributed by atoms with E-state index < -0.39 is 0 Å². The summed E-state index contributed by atoms with van der Waals surface area (Å²) in [6.45, 7) is 16.1. The summed E-state index contributed by atoms with van der Waals surface area (Å²) in [6.07, 6.45) is 0. The minimum Gasteiger partial charge on any atom is -0.310 e. The van der Waals surface area contributed by atoms with E-state index in [0.717, 1.165) is 66.4 Å². The Bertz CT molecular complexity index is 3420. The van der Waals surface area contributed by atoms with Crippen LogP contribution in [0.1, 0.15) is 0 Å². The van der Waals surface area contributed by atoms with Crippen LogP contribution in [0, 0.1) is 13.1 Å². The third-order valence-electron chi connectivity index (χ3n) is 11.1. The van der Waals surface area contributed by atoms with Gasteiger partial charge in [-0.2, -0.15) is 0 Å². The second-order valence-electron chi connectivity index (χ2n) is 13.9. The molecule has 0 radical (unpaired) electrons. The summed E-state index contributed by atoms with van der Waals surface area (Å²) in [7, 11) is 0. The van der Waals surface area contributed by atoms with Crippen LogP contribution < -0.4 is 0 Å². The van der Waals surface area contributed by atoms with Crippen molar-refractivity contribution < 1.29 is 0 Å². The highest BCUT2D eigenvalue weighted by molar-refractivity contribution is 6.13. The number of benzene rings is 8. The molecule has 3 heterocycles. The third kappa shape index (κ3) is 4.45. The second kappa shape index (κ2) is 11.8. The van der Waals surface area contributed by atoms with Crippen LogP contribution in [0.3, 0.4) is 0 Å². The molecule has 0 unspecified atom stereocenters. The molecule has 0 atom stereocenters. The first-order chi connectivity index (χ1) is 27.2. The lowest BCUT2D eigenvalue weighted by Crippen LogP contribution is -1.99. The van der Waals surface area contributed by atoms with Gasteiger partial charge in [-0.05, 0) is 71.8 Å². The summed E-state index contributed by atoms with van der Waals surface area (Å²) in [4.78, 5) is 7.83. The zero-order chi connectivity index (χ0) is 36.6. The van der Waals surface area contributed by atoms with E-state index in [1.807, 2.05) is 36.4 Å². The number of aromatic nitrogens is 3. The van der Waals surface area contributed by atoms with Crippen LogP contribution in [-0.2, 0) is 0 Å². The molecule has 5 nitrogen and oxygen atoms in total. The first-order valence-electron chi connectivity index (χ1n) is 18.3. The van der Waals surface area contributed by atoms with Crippen molar-refractivity contribution in [1.29, 1.82) is 0 Å². The molecular formula is C50H29N5. The van der Waals surface area contributed by atoms with Gasteiger partial charge < -0.3 is 13.7 Å². The maximum absolute atomic E-state index is 8.32. The van der Waals surface area contributed by atoms with Crippen molar-refractivity contribution in [1.82, 2.24) is 13.7 Å². The summed E-state index contributed by atoms with van der Waals surface area (Å²) in [6, 6.07) is 61.3. The molecule has 11 aromatic rings. The average molecular weight is 700 g/mol. The fraction of sp³-hybridized carbons (Fsp3) is 0. The van der Waals surface area contributed by atoms with Gasteiger partial charge in [-0.1, -0.05) is 115 Å². The van der Waals surface area contributed by atoms with Crippen LogP contribution in [0.5, 0.6) is 0 Å². The third-order valence-corrected chi connectivity index (χ3v) is 11.1. The number of hydrogen-bond donors (Lipinski definition) is 0. The predicted octanol–water partition coefficient (Wildman–Crippen LogP) is 13.7. The lowest BCUT2D eigenvalue weighted by atomic mass is 10.0. The lowest BCUT2D eigenvalue weighted by Gasteiger charge is -2.17. The Morgan fingerprint density at radius 1 is 0.327 bits per heavy atom. The van der Waals surface area contributed by atoms with Crippen molar-refractivity contribution in [3.05, 3.63) is 199 Å². The largest absolute Gasteiger partial charge is 0.310 e. The van der Waals surface area contributed by atoms with Gasteiger partial charge >= 0.3 is 0 Å². The molecule has 0 spiro atoms. The fourth-order valence-electron chi connectivity index (χ4n) is 8.74. The van der Waals surface area contributed by atoms with Crippen LogP contribution in [0.25, 0.3) is 103 Å². The molecular weight excluding hydrogens is 671 g/mol. The predicted molar refractivity (Wildman–Crippen MR) is 227 cm³/mol.